The molecule has 2 rings (SSSR count). The number of hydrogen-bond acceptors (Lipinski definition) is 6. The zero-order valence-electron chi connectivity index (χ0n) is 11.9. The third kappa shape index (κ3) is 3.52. The summed E-state index contributed by atoms with van der Waals surface area (Å²) < 4.78 is 37.8. The number of aryl methyl sites for hydroxylation is 2. The molecule has 0 bridgehead atoms. The first-order chi connectivity index (χ1) is 9.82. The van der Waals surface area contributed by atoms with Gasteiger partial charge in [-0.25, -0.2) is 13.6 Å². The summed E-state index contributed by atoms with van der Waals surface area (Å²) in [7, 11) is -2.33. The van der Waals surface area contributed by atoms with Crippen molar-refractivity contribution in [3.05, 3.63) is 34.3 Å². The quantitative estimate of drug-likeness (QED) is 0.906. The van der Waals surface area contributed by atoms with Crippen molar-refractivity contribution in [2.45, 2.75) is 25.3 Å². The third-order valence-corrected chi connectivity index (χ3v) is 4.81. The first-order valence-electron chi connectivity index (χ1n) is 6.08. The molecule has 114 valence electrons. The molecule has 2 N–H and O–H groups in total. The van der Waals surface area contributed by atoms with E-state index >= 15 is 0 Å². The number of nitrogens with zero attached hydrogens (tertiary/aromatic N) is 1. The van der Waals surface area contributed by atoms with Gasteiger partial charge in [-0.15, -0.1) is 0 Å². The van der Waals surface area contributed by atoms with Gasteiger partial charge in [0.15, 0.2) is 11.5 Å². The normalized spacial score (nSPS) is 11.4. The number of aromatic nitrogens is 1. The molecule has 2 aromatic rings. The lowest BCUT2D eigenvalue weighted by Gasteiger charge is -2.12. The average Bonchev–Trinajstić information content (AvgIpc) is 2.74. The first kappa shape index (κ1) is 15.7. The van der Waals surface area contributed by atoms with Crippen molar-refractivity contribution in [3.63, 3.8) is 0 Å². The van der Waals surface area contributed by atoms with Gasteiger partial charge in [0.05, 0.1) is 17.7 Å². The molecule has 1 aromatic carbocycles. The maximum absolute atomic E-state index is 11.3. The minimum atomic E-state index is -3.77. The zero-order chi connectivity index (χ0) is 15.6. The predicted molar refractivity (Wildman–Crippen MR) is 80.3 cm³/mol. The van der Waals surface area contributed by atoms with E-state index in [0.717, 1.165) is 16.1 Å². The van der Waals surface area contributed by atoms with Crippen LogP contribution >= 0.6 is 11.5 Å². The molecule has 0 fully saturated rings. The van der Waals surface area contributed by atoms with Crippen LogP contribution in [0.25, 0.3) is 0 Å². The number of methoxy groups -OCH3 is 1. The highest BCUT2D eigenvalue weighted by atomic mass is 32.2. The summed E-state index contributed by atoms with van der Waals surface area (Å²) in [6.07, 6.45) is 0. The molecule has 0 atom stereocenters. The maximum Gasteiger partial charge on any atom is 0.238 e. The van der Waals surface area contributed by atoms with Crippen molar-refractivity contribution in [2.75, 3.05) is 7.11 Å². The van der Waals surface area contributed by atoms with E-state index in [1.165, 1.54) is 36.8 Å². The molecule has 6 nitrogen and oxygen atoms in total. The smallest absolute Gasteiger partial charge is 0.238 e. The van der Waals surface area contributed by atoms with Crippen LogP contribution in [0, 0.1) is 13.8 Å². The fourth-order valence-corrected chi connectivity index (χ4v) is 3.03. The molecule has 0 aliphatic heterocycles. The Morgan fingerprint density at radius 3 is 2.52 bits per heavy atom. The van der Waals surface area contributed by atoms with Gasteiger partial charge in [-0.2, -0.15) is 4.37 Å². The minimum absolute atomic E-state index is 0.0174. The summed E-state index contributed by atoms with van der Waals surface area (Å²) in [5, 5.41) is 5.09. The van der Waals surface area contributed by atoms with Crippen LogP contribution in [-0.4, -0.2) is 19.9 Å². The highest BCUT2D eigenvalue weighted by Crippen LogP contribution is 2.31. The van der Waals surface area contributed by atoms with E-state index in [9.17, 15) is 8.42 Å². The Hall–Kier alpha value is -1.64. The summed E-state index contributed by atoms with van der Waals surface area (Å²) in [6, 6.07) is 4.26. The van der Waals surface area contributed by atoms with Crippen LogP contribution in [0.4, 0.5) is 0 Å². The number of nitrogens with two attached hydrogens (primary N) is 1. The zero-order valence-corrected chi connectivity index (χ0v) is 13.5. The molecular weight excluding hydrogens is 312 g/mol. The lowest BCUT2D eigenvalue weighted by Crippen LogP contribution is -2.12. The Bertz CT molecular complexity index is 734. The van der Waals surface area contributed by atoms with Crippen LogP contribution in [0.2, 0.25) is 0 Å². The minimum Gasteiger partial charge on any atom is -0.493 e. The number of rotatable bonds is 5. The topological polar surface area (TPSA) is 91.5 Å². The van der Waals surface area contributed by atoms with Crippen LogP contribution in [0.1, 0.15) is 16.1 Å². The van der Waals surface area contributed by atoms with Crippen molar-refractivity contribution >= 4 is 21.6 Å². The molecule has 0 aliphatic carbocycles. The Morgan fingerprint density at radius 2 is 2.00 bits per heavy atom. The predicted octanol–water partition coefficient (Wildman–Crippen LogP) is 1.99. The fraction of sp³-hybridized carbons (Fsp3) is 0.308. The second-order valence-electron chi connectivity index (χ2n) is 4.45. The van der Waals surface area contributed by atoms with Gasteiger partial charge in [0.2, 0.25) is 10.0 Å². The Kier molecular flexibility index (Phi) is 4.50. The van der Waals surface area contributed by atoms with E-state index in [2.05, 4.69) is 4.37 Å². The molecule has 1 heterocycles. The van der Waals surface area contributed by atoms with Gasteiger partial charge in [-0.3, -0.25) is 0 Å². The SMILES string of the molecule is COc1cc(S(N)(=O)=O)ccc1OCc1c(C)nsc1C. The van der Waals surface area contributed by atoms with Crippen LogP contribution in [0.3, 0.4) is 0 Å². The van der Waals surface area contributed by atoms with E-state index in [4.69, 9.17) is 14.6 Å². The molecule has 8 heteroatoms. The molecule has 0 spiro atoms. The highest BCUT2D eigenvalue weighted by Gasteiger charge is 2.14. The van der Waals surface area contributed by atoms with Crippen molar-refractivity contribution in [3.8, 4) is 11.5 Å². The number of benzene rings is 1. The summed E-state index contributed by atoms with van der Waals surface area (Å²) in [6.45, 7) is 4.24. The standard InChI is InChI=1S/C13H16N2O4S2/c1-8-11(9(2)20-15-8)7-19-12-5-4-10(21(14,16)17)6-13(12)18-3/h4-6H,7H2,1-3H3,(H2,14,16,17). The fourth-order valence-electron chi connectivity index (χ4n) is 1.80. The van der Waals surface area contributed by atoms with E-state index in [0.29, 0.717) is 18.1 Å². The highest BCUT2D eigenvalue weighted by molar-refractivity contribution is 7.89. The number of hydrogen-bond donors (Lipinski definition) is 1. The largest absolute Gasteiger partial charge is 0.493 e. The average molecular weight is 328 g/mol. The van der Waals surface area contributed by atoms with Crippen LogP contribution in [0.15, 0.2) is 23.1 Å². The van der Waals surface area contributed by atoms with Gasteiger partial charge < -0.3 is 9.47 Å². The van der Waals surface area contributed by atoms with Gasteiger partial charge >= 0.3 is 0 Å². The van der Waals surface area contributed by atoms with Crippen molar-refractivity contribution < 1.29 is 17.9 Å². The molecule has 0 saturated carbocycles. The van der Waals surface area contributed by atoms with Gasteiger partial charge in [0.1, 0.15) is 6.61 Å². The lowest BCUT2D eigenvalue weighted by atomic mass is 10.2. The molecule has 0 saturated heterocycles. The second kappa shape index (κ2) is 6.00. The molecule has 0 radical (unpaired) electrons. The van der Waals surface area contributed by atoms with Crippen LogP contribution < -0.4 is 14.6 Å². The molecule has 1 aromatic heterocycles. The van der Waals surface area contributed by atoms with Gasteiger partial charge in [0.25, 0.3) is 0 Å². The summed E-state index contributed by atoms with van der Waals surface area (Å²) in [5.74, 6) is 0.773. The number of primary sulfonamides is 1. The van der Waals surface area contributed by atoms with E-state index in [1.54, 1.807) is 0 Å². The van der Waals surface area contributed by atoms with Gasteiger partial charge in [0, 0.05) is 16.5 Å². The van der Waals surface area contributed by atoms with Crippen LogP contribution in [0.5, 0.6) is 11.5 Å². The van der Waals surface area contributed by atoms with Crippen molar-refractivity contribution in [2.24, 2.45) is 5.14 Å². The van der Waals surface area contributed by atoms with Crippen molar-refractivity contribution in [1.29, 1.82) is 0 Å². The Morgan fingerprint density at radius 1 is 1.29 bits per heavy atom. The van der Waals surface area contributed by atoms with E-state index in [-0.39, 0.29) is 4.90 Å². The summed E-state index contributed by atoms with van der Waals surface area (Å²) in [5.41, 5.74) is 1.95. The second-order valence-corrected chi connectivity index (χ2v) is 6.99. The summed E-state index contributed by atoms with van der Waals surface area (Å²) >= 11 is 1.42. The third-order valence-electron chi connectivity index (χ3n) is 3.02. The Balaban J connectivity index is 2.25. The number of sulfonamides is 1. The number of ether oxygens (including phenoxy) is 2. The lowest BCUT2D eigenvalue weighted by molar-refractivity contribution is 0.283. The van der Waals surface area contributed by atoms with Crippen LogP contribution in [-0.2, 0) is 16.6 Å². The molecule has 21 heavy (non-hydrogen) atoms. The first-order valence-corrected chi connectivity index (χ1v) is 8.40. The molecule has 0 unspecified atom stereocenters. The molecular formula is C13H16N2O4S2. The molecule has 0 amide bonds. The maximum atomic E-state index is 11.3. The van der Waals surface area contributed by atoms with Crippen molar-refractivity contribution in [1.82, 2.24) is 4.37 Å². The van der Waals surface area contributed by atoms with E-state index in [1.807, 2.05) is 13.8 Å². The summed E-state index contributed by atoms with van der Waals surface area (Å²) in [4.78, 5) is 1.07. The molecule has 0 aliphatic rings. The monoisotopic (exact) mass is 328 g/mol. The van der Waals surface area contributed by atoms with Gasteiger partial charge in [-0.1, -0.05) is 0 Å². The van der Waals surface area contributed by atoms with E-state index < -0.39 is 10.0 Å². The van der Waals surface area contributed by atoms with Gasteiger partial charge in [-0.05, 0) is 37.5 Å². The Labute approximate surface area is 127 Å².